The van der Waals surface area contributed by atoms with E-state index in [0.29, 0.717) is 16.5 Å². The second-order valence-corrected chi connectivity index (χ2v) is 6.82. The van der Waals surface area contributed by atoms with Crippen molar-refractivity contribution in [1.82, 2.24) is 5.32 Å². The van der Waals surface area contributed by atoms with Crippen molar-refractivity contribution in [2.45, 2.75) is 26.4 Å². The highest BCUT2D eigenvalue weighted by Gasteiger charge is 2.17. The highest BCUT2D eigenvalue weighted by atomic mass is 32.2. The molecule has 0 aliphatic carbocycles. The summed E-state index contributed by atoms with van der Waals surface area (Å²) in [7, 11) is 0. The molecule has 2 rings (SSSR count). The average Bonchev–Trinajstić information content (AvgIpc) is 2.85. The number of amidine groups is 1. The highest BCUT2D eigenvalue weighted by molar-refractivity contribution is 8.15. The van der Waals surface area contributed by atoms with Crippen LogP contribution in [0.2, 0.25) is 0 Å². The molecular formula is C15H17FN4O3S. The van der Waals surface area contributed by atoms with Gasteiger partial charge in [-0.3, -0.25) is 10.1 Å². The summed E-state index contributed by atoms with van der Waals surface area (Å²) in [5.74, 6) is -0.438. The van der Waals surface area contributed by atoms with Gasteiger partial charge in [-0.15, -0.1) is 5.10 Å². The molecule has 1 aromatic carbocycles. The third-order valence-corrected chi connectivity index (χ3v) is 3.43. The minimum Gasteiger partial charge on any atom is -0.444 e. The Hall–Kier alpha value is -2.42. The number of rotatable bonds is 3. The number of carbonyl (C=O) groups is 2. The molecule has 0 spiro atoms. The van der Waals surface area contributed by atoms with E-state index < -0.39 is 17.5 Å². The Labute approximate surface area is 142 Å². The Bertz CT molecular complexity index is 713. The lowest BCUT2D eigenvalue weighted by atomic mass is 10.2. The van der Waals surface area contributed by atoms with Crippen LogP contribution in [0.25, 0.3) is 0 Å². The highest BCUT2D eigenvalue weighted by Crippen LogP contribution is 2.17. The van der Waals surface area contributed by atoms with Gasteiger partial charge >= 0.3 is 6.09 Å². The third kappa shape index (κ3) is 5.65. The van der Waals surface area contributed by atoms with E-state index in [4.69, 9.17) is 4.74 Å². The summed E-state index contributed by atoms with van der Waals surface area (Å²) >= 11 is 1.24. The molecule has 0 aromatic heterocycles. The number of hydrogen-bond donors (Lipinski definition) is 2. The normalized spacial score (nSPS) is 16.5. The molecular weight excluding hydrogens is 335 g/mol. The van der Waals surface area contributed by atoms with Crippen LogP contribution in [0.3, 0.4) is 0 Å². The molecule has 1 saturated heterocycles. The van der Waals surface area contributed by atoms with Crippen LogP contribution in [0.4, 0.5) is 14.9 Å². The van der Waals surface area contributed by atoms with Gasteiger partial charge in [-0.25, -0.2) is 9.18 Å². The maximum atomic E-state index is 14.0. The first kappa shape index (κ1) is 17.9. The summed E-state index contributed by atoms with van der Waals surface area (Å²) in [4.78, 5) is 22.6. The molecule has 0 unspecified atom stereocenters. The molecule has 0 radical (unpaired) electrons. The molecule has 1 aliphatic heterocycles. The predicted octanol–water partition coefficient (Wildman–Crippen LogP) is 2.73. The van der Waals surface area contributed by atoms with E-state index in [1.807, 2.05) is 0 Å². The number of carbonyl (C=O) groups excluding carboxylic acids is 2. The Morgan fingerprint density at radius 3 is 2.79 bits per heavy atom. The van der Waals surface area contributed by atoms with Crippen molar-refractivity contribution >= 4 is 40.8 Å². The van der Waals surface area contributed by atoms with Crippen molar-refractivity contribution in [2.75, 3.05) is 11.1 Å². The molecule has 0 atom stereocenters. The molecule has 1 fully saturated rings. The van der Waals surface area contributed by atoms with Gasteiger partial charge in [0.2, 0.25) is 5.91 Å². The fourth-order valence-electron chi connectivity index (χ4n) is 1.65. The minimum atomic E-state index is -0.733. The Balaban J connectivity index is 1.99. The molecule has 0 saturated carbocycles. The van der Waals surface area contributed by atoms with Crippen LogP contribution in [0.15, 0.2) is 28.4 Å². The summed E-state index contributed by atoms with van der Waals surface area (Å²) in [5.41, 5.74) is -0.202. The van der Waals surface area contributed by atoms with Gasteiger partial charge in [0.15, 0.2) is 5.17 Å². The van der Waals surface area contributed by atoms with Crippen LogP contribution in [0, 0.1) is 5.82 Å². The first-order valence-electron chi connectivity index (χ1n) is 7.06. The van der Waals surface area contributed by atoms with Crippen molar-refractivity contribution in [3.63, 3.8) is 0 Å². The zero-order valence-electron chi connectivity index (χ0n) is 13.4. The van der Waals surface area contributed by atoms with Gasteiger partial charge in [-0.05, 0) is 38.5 Å². The molecule has 9 heteroatoms. The number of halogens is 1. The first-order chi connectivity index (χ1) is 11.2. The maximum Gasteiger partial charge on any atom is 0.412 e. The van der Waals surface area contributed by atoms with Gasteiger partial charge in [0.1, 0.15) is 11.4 Å². The van der Waals surface area contributed by atoms with Crippen LogP contribution >= 0.6 is 11.8 Å². The topological polar surface area (TPSA) is 92.2 Å². The van der Waals surface area contributed by atoms with E-state index in [2.05, 4.69) is 20.8 Å². The van der Waals surface area contributed by atoms with Gasteiger partial charge in [-0.2, -0.15) is 5.10 Å². The summed E-state index contributed by atoms with van der Waals surface area (Å²) in [5, 5.41) is 12.9. The van der Waals surface area contributed by atoms with Crippen molar-refractivity contribution in [3.05, 3.63) is 29.6 Å². The molecule has 1 heterocycles. The largest absolute Gasteiger partial charge is 0.444 e. The average molecular weight is 352 g/mol. The molecule has 1 aliphatic rings. The number of nitrogens with one attached hydrogen (secondary N) is 2. The fourth-order valence-corrected chi connectivity index (χ4v) is 2.28. The fraction of sp³-hybridized carbons (Fsp3) is 0.333. The molecule has 2 amide bonds. The van der Waals surface area contributed by atoms with Crippen molar-refractivity contribution < 1.29 is 18.7 Å². The van der Waals surface area contributed by atoms with Crippen LogP contribution < -0.4 is 10.6 Å². The smallest absolute Gasteiger partial charge is 0.412 e. The SMILES string of the molecule is CC(C)(C)OC(=O)Nc1ccc(C=NN=C2NC(=O)CS2)cc1F. The number of ether oxygens (including phenoxy) is 1. The molecule has 0 bridgehead atoms. The lowest BCUT2D eigenvalue weighted by molar-refractivity contribution is -0.116. The van der Waals surface area contributed by atoms with E-state index >= 15 is 0 Å². The maximum absolute atomic E-state index is 14.0. The minimum absolute atomic E-state index is 0.00586. The number of hydrogen-bond acceptors (Lipinski definition) is 6. The first-order valence-corrected chi connectivity index (χ1v) is 8.05. The van der Waals surface area contributed by atoms with Crippen molar-refractivity contribution in [3.8, 4) is 0 Å². The van der Waals surface area contributed by atoms with E-state index in [-0.39, 0.29) is 11.6 Å². The Kier molecular flexibility index (Phi) is 5.55. The predicted molar refractivity (Wildman–Crippen MR) is 91.9 cm³/mol. The molecule has 7 nitrogen and oxygen atoms in total. The van der Waals surface area contributed by atoms with Crippen LogP contribution in [0.5, 0.6) is 0 Å². The second kappa shape index (κ2) is 7.43. The van der Waals surface area contributed by atoms with Crippen LogP contribution in [-0.2, 0) is 9.53 Å². The molecule has 2 N–H and O–H groups in total. The summed E-state index contributed by atoms with van der Waals surface area (Å²) in [6.07, 6.45) is 0.612. The van der Waals surface area contributed by atoms with E-state index in [1.165, 1.54) is 30.1 Å². The monoisotopic (exact) mass is 352 g/mol. The third-order valence-electron chi connectivity index (χ3n) is 2.57. The number of nitrogens with zero attached hydrogens (tertiary/aromatic N) is 2. The summed E-state index contributed by atoms with van der Waals surface area (Å²) < 4.78 is 19.1. The van der Waals surface area contributed by atoms with Crippen LogP contribution in [0.1, 0.15) is 26.3 Å². The number of anilines is 1. The van der Waals surface area contributed by atoms with Crippen molar-refractivity contribution in [1.29, 1.82) is 0 Å². The van der Waals surface area contributed by atoms with Gasteiger partial charge in [0.05, 0.1) is 17.7 Å². The van der Waals surface area contributed by atoms with Gasteiger partial charge < -0.3 is 10.1 Å². The summed E-state index contributed by atoms with van der Waals surface area (Å²) in [6, 6.07) is 4.18. The number of amides is 2. The zero-order valence-corrected chi connectivity index (χ0v) is 14.2. The van der Waals surface area contributed by atoms with E-state index in [1.54, 1.807) is 26.8 Å². The zero-order chi connectivity index (χ0) is 17.7. The second-order valence-electron chi connectivity index (χ2n) is 5.85. The lowest BCUT2D eigenvalue weighted by Gasteiger charge is -2.19. The number of thioether (sulfide) groups is 1. The van der Waals surface area contributed by atoms with Gasteiger partial charge in [-0.1, -0.05) is 17.8 Å². The number of benzene rings is 1. The molecule has 24 heavy (non-hydrogen) atoms. The van der Waals surface area contributed by atoms with Gasteiger partial charge in [0.25, 0.3) is 0 Å². The summed E-state index contributed by atoms with van der Waals surface area (Å²) in [6.45, 7) is 5.15. The Morgan fingerprint density at radius 1 is 1.46 bits per heavy atom. The molecule has 128 valence electrons. The van der Waals surface area contributed by atoms with Crippen molar-refractivity contribution in [2.24, 2.45) is 10.2 Å². The lowest BCUT2D eigenvalue weighted by Crippen LogP contribution is -2.27. The standard InChI is InChI=1S/C15H17FN4O3S/c1-15(2,3)23-14(22)18-11-5-4-9(6-10(11)16)7-17-20-13-19-12(21)8-24-13/h4-7H,8H2,1-3H3,(H,18,22)(H,19,20,21). The van der Waals surface area contributed by atoms with E-state index in [9.17, 15) is 14.0 Å². The Morgan fingerprint density at radius 2 is 2.21 bits per heavy atom. The van der Waals surface area contributed by atoms with E-state index in [0.717, 1.165) is 0 Å². The molecule has 1 aromatic rings. The van der Waals surface area contributed by atoms with Crippen LogP contribution in [-0.4, -0.2) is 34.7 Å². The van der Waals surface area contributed by atoms with Gasteiger partial charge in [0, 0.05) is 0 Å². The quantitative estimate of drug-likeness (QED) is 0.646.